The lowest BCUT2D eigenvalue weighted by Crippen LogP contribution is -2.09. The molecule has 0 radical (unpaired) electrons. The maximum atomic E-state index is 10.7. The molecule has 0 N–H and O–H groups in total. The Kier molecular flexibility index (Phi) is 3.99. The maximum Gasteiger partial charge on any atom is 0.235 e. The molecular formula is C10H13ClO3S. The first-order valence-corrected chi connectivity index (χ1v) is 6.99. The van der Waals surface area contributed by atoms with Gasteiger partial charge in [-0.1, -0.05) is 12.1 Å². The molecule has 0 aromatic heterocycles. The van der Waals surface area contributed by atoms with Crippen LogP contribution in [0.3, 0.4) is 0 Å². The minimum Gasteiger partial charge on any atom is -0.492 e. The van der Waals surface area contributed by atoms with E-state index in [1.807, 2.05) is 32.0 Å². The fourth-order valence-corrected chi connectivity index (χ4v) is 1.59. The number of rotatable bonds is 4. The van der Waals surface area contributed by atoms with Gasteiger partial charge >= 0.3 is 0 Å². The van der Waals surface area contributed by atoms with Crippen LogP contribution in [-0.2, 0) is 9.05 Å². The monoisotopic (exact) mass is 248 g/mol. The van der Waals surface area contributed by atoms with Gasteiger partial charge in [0, 0.05) is 10.7 Å². The summed E-state index contributed by atoms with van der Waals surface area (Å²) in [6, 6.07) is 5.77. The molecule has 0 aliphatic rings. The fourth-order valence-electron chi connectivity index (χ4n) is 1.11. The van der Waals surface area contributed by atoms with Crippen LogP contribution in [-0.4, -0.2) is 20.8 Å². The number of ether oxygens (including phenoxy) is 1. The van der Waals surface area contributed by atoms with Crippen LogP contribution in [0.2, 0.25) is 0 Å². The number of hydrogen-bond acceptors (Lipinski definition) is 3. The van der Waals surface area contributed by atoms with E-state index in [1.165, 1.54) is 0 Å². The standard InChI is InChI=1S/C10H13ClO3S/c1-8-3-4-9(2)10(7-8)14-5-6-15(11,12)13/h3-4,7H,5-6H2,1-2H3. The summed E-state index contributed by atoms with van der Waals surface area (Å²) in [5, 5.41) is 0. The van der Waals surface area contributed by atoms with E-state index < -0.39 is 9.05 Å². The van der Waals surface area contributed by atoms with Gasteiger partial charge < -0.3 is 4.74 Å². The summed E-state index contributed by atoms with van der Waals surface area (Å²) < 4.78 is 26.6. The van der Waals surface area contributed by atoms with Crippen LogP contribution in [0, 0.1) is 13.8 Å². The Bertz CT molecular complexity index is 440. The molecule has 1 aromatic rings. The van der Waals surface area contributed by atoms with Crippen LogP contribution < -0.4 is 4.74 Å². The Hall–Kier alpha value is -0.740. The third-order valence-corrected chi connectivity index (χ3v) is 3.05. The molecule has 5 heteroatoms. The summed E-state index contributed by atoms with van der Waals surface area (Å²) in [4.78, 5) is 0. The van der Waals surface area contributed by atoms with Crippen LogP contribution in [0.15, 0.2) is 18.2 Å². The minimum atomic E-state index is -3.47. The highest BCUT2D eigenvalue weighted by atomic mass is 35.7. The topological polar surface area (TPSA) is 43.4 Å². The van der Waals surface area contributed by atoms with Gasteiger partial charge in [0.2, 0.25) is 9.05 Å². The largest absolute Gasteiger partial charge is 0.492 e. The molecule has 0 heterocycles. The second-order valence-electron chi connectivity index (χ2n) is 3.36. The molecule has 0 fully saturated rings. The van der Waals surface area contributed by atoms with Gasteiger partial charge in [0.15, 0.2) is 0 Å². The van der Waals surface area contributed by atoms with Crippen LogP contribution >= 0.6 is 10.7 Å². The van der Waals surface area contributed by atoms with Crippen molar-refractivity contribution in [3.8, 4) is 5.75 Å². The highest BCUT2D eigenvalue weighted by molar-refractivity contribution is 8.13. The second-order valence-corrected chi connectivity index (χ2v) is 6.26. The van der Waals surface area contributed by atoms with Gasteiger partial charge in [0.05, 0.1) is 5.75 Å². The number of hydrogen-bond donors (Lipinski definition) is 0. The van der Waals surface area contributed by atoms with Gasteiger partial charge in [-0.2, -0.15) is 0 Å². The van der Waals surface area contributed by atoms with Gasteiger partial charge in [-0.15, -0.1) is 0 Å². The number of benzene rings is 1. The average Bonchev–Trinajstić information content (AvgIpc) is 2.09. The SMILES string of the molecule is Cc1ccc(C)c(OCCS(=O)(=O)Cl)c1. The van der Waals surface area contributed by atoms with Crippen LogP contribution in [0.25, 0.3) is 0 Å². The van der Waals surface area contributed by atoms with Crippen molar-refractivity contribution in [1.29, 1.82) is 0 Å². The van der Waals surface area contributed by atoms with Crippen molar-refractivity contribution < 1.29 is 13.2 Å². The molecular weight excluding hydrogens is 236 g/mol. The van der Waals surface area contributed by atoms with E-state index in [4.69, 9.17) is 15.4 Å². The Labute approximate surface area is 94.4 Å². The van der Waals surface area contributed by atoms with Crippen molar-refractivity contribution in [3.05, 3.63) is 29.3 Å². The molecule has 0 atom stereocenters. The van der Waals surface area contributed by atoms with Crippen molar-refractivity contribution in [2.75, 3.05) is 12.4 Å². The normalized spacial score (nSPS) is 11.4. The van der Waals surface area contributed by atoms with E-state index in [9.17, 15) is 8.42 Å². The zero-order valence-electron chi connectivity index (χ0n) is 8.66. The van der Waals surface area contributed by atoms with Crippen molar-refractivity contribution in [1.82, 2.24) is 0 Å². The molecule has 0 aliphatic heterocycles. The summed E-state index contributed by atoms with van der Waals surface area (Å²) in [6.07, 6.45) is 0. The molecule has 0 unspecified atom stereocenters. The van der Waals surface area contributed by atoms with Crippen LogP contribution in [0.5, 0.6) is 5.75 Å². The molecule has 1 aromatic carbocycles. The Morgan fingerprint density at radius 3 is 2.60 bits per heavy atom. The highest BCUT2D eigenvalue weighted by Gasteiger charge is 2.06. The van der Waals surface area contributed by atoms with Crippen molar-refractivity contribution in [2.24, 2.45) is 0 Å². The summed E-state index contributed by atoms with van der Waals surface area (Å²) in [5.41, 5.74) is 2.05. The van der Waals surface area contributed by atoms with Gasteiger partial charge in [-0.05, 0) is 31.0 Å². The summed E-state index contributed by atoms with van der Waals surface area (Å²) in [5.74, 6) is 0.525. The minimum absolute atomic E-state index is 0.0795. The Morgan fingerprint density at radius 1 is 1.33 bits per heavy atom. The highest BCUT2D eigenvalue weighted by Crippen LogP contribution is 2.19. The van der Waals surface area contributed by atoms with E-state index in [0.29, 0.717) is 5.75 Å². The average molecular weight is 249 g/mol. The Morgan fingerprint density at radius 2 is 2.00 bits per heavy atom. The summed E-state index contributed by atoms with van der Waals surface area (Å²) >= 11 is 0. The predicted molar refractivity (Wildman–Crippen MR) is 61.1 cm³/mol. The van der Waals surface area contributed by atoms with E-state index in [1.54, 1.807) is 0 Å². The Balaban J connectivity index is 2.61. The molecule has 3 nitrogen and oxygen atoms in total. The molecule has 0 saturated heterocycles. The first kappa shape index (κ1) is 12.3. The molecule has 0 spiro atoms. The summed E-state index contributed by atoms with van der Waals surface area (Å²) in [6.45, 7) is 3.94. The summed E-state index contributed by atoms with van der Waals surface area (Å²) in [7, 11) is 1.59. The molecule has 15 heavy (non-hydrogen) atoms. The first-order valence-electron chi connectivity index (χ1n) is 4.51. The van der Waals surface area contributed by atoms with Crippen molar-refractivity contribution in [2.45, 2.75) is 13.8 Å². The maximum absolute atomic E-state index is 10.7. The molecule has 84 valence electrons. The lowest BCUT2D eigenvalue weighted by molar-refractivity contribution is 0.339. The van der Waals surface area contributed by atoms with Gasteiger partial charge in [0.1, 0.15) is 12.4 Å². The molecule has 1 rings (SSSR count). The van der Waals surface area contributed by atoms with Crippen LogP contribution in [0.4, 0.5) is 0 Å². The van der Waals surface area contributed by atoms with Gasteiger partial charge in [-0.3, -0.25) is 0 Å². The van der Waals surface area contributed by atoms with Gasteiger partial charge in [0.25, 0.3) is 0 Å². The third kappa shape index (κ3) is 4.53. The van der Waals surface area contributed by atoms with E-state index in [0.717, 1.165) is 11.1 Å². The molecule has 0 bridgehead atoms. The van der Waals surface area contributed by atoms with E-state index in [-0.39, 0.29) is 12.4 Å². The number of halogens is 1. The van der Waals surface area contributed by atoms with E-state index in [2.05, 4.69) is 0 Å². The molecule has 0 saturated carbocycles. The van der Waals surface area contributed by atoms with Gasteiger partial charge in [-0.25, -0.2) is 8.42 Å². The zero-order chi connectivity index (χ0) is 11.5. The molecule has 0 amide bonds. The third-order valence-electron chi connectivity index (χ3n) is 1.93. The van der Waals surface area contributed by atoms with Crippen molar-refractivity contribution in [3.63, 3.8) is 0 Å². The molecule has 0 aliphatic carbocycles. The van der Waals surface area contributed by atoms with Crippen LogP contribution in [0.1, 0.15) is 11.1 Å². The zero-order valence-corrected chi connectivity index (χ0v) is 10.2. The van der Waals surface area contributed by atoms with E-state index >= 15 is 0 Å². The number of aryl methyl sites for hydroxylation is 2. The van der Waals surface area contributed by atoms with Crippen molar-refractivity contribution >= 4 is 19.7 Å². The first-order chi connectivity index (χ1) is 6.88. The quantitative estimate of drug-likeness (QED) is 0.768. The smallest absolute Gasteiger partial charge is 0.235 e. The fraction of sp³-hybridized carbons (Fsp3) is 0.400. The lowest BCUT2D eigenvalue weighted by Gasteiger charge is -2.08. The lowest BCUT2D eigenvalue weighted by atomic mass is 10.1. The second kappa shape index (κ2) is 4.86. The predicted octanol–water partition coefficient (Wildman–Crippen LogP) is 2.25.